The molecule has 1 aliphatic carbocycles. The Bertz CT molecular complexity index is 596. The Hall–Kier alpha value is -2.48. The van der Waals surface area contributed by atoms with Crippen LogP contribution in [0.25, 0.3) is 6.08 Å². The second-order valence-corrected chi connectivity index (χ2v) is 5.06. The van der Waals surface area contributed by atoms with E-state index in [1.165, 1.54) is 19.3 Å². The summed E-state index contributed by atoms with van der Waals surface area (Å²) in [6.45, 7) is 0. The molecule has 0 bridgehead atoms. The summed E-state index contributed by atoms with van der Waals surface area (Å²) in [4.78, 5) is 12.1. The van der Waals surface area contributed by atoms with Crippen LogP contribution in [0.4, 0.5) is 0 Å². The second kappa shape index (κ2) is 6.80. The van der Waals surface area contributed by atoms with Gasteiger partial charge in [-0.25, -0.2) is 0 Å². The normalized spacial score (nSPS) is 15.5. The first kappa shape index (κ1) is 14.9. The standard InChI is InChI=1S/C16H18N2O3/c1-21-15-9-11(6-7-14(15)19)8-12(10-17)16(20)18-13-4-2-3-5-13/h6-9,13,19H,2-5H2,1H3,(H,18,20)/b12-8+. The number of methoxy groups -OCH3 is 1. The molecular weight excluding hydrogens is 268 g/mol. The Balaban J connectivity index is 2.15. The third-order valence-electron chi connectivity index (χ3n) is 3.57. The van der Waals surface area contributed by atoms with Gasteiger partial charge < -0.3 is 15.2 Å². The lowest BCUT2D eigenvalue weighted by atomic mass is 10.1. The van der Waals surface area contributed by atoms with Gasteiger partial charge in [-0.2, -0.15) is 5.26 Å². The van der Waals surface area contributed by atoms with E-state index in [-0.39, 0.29) is 23.3 Å². The molecule has 2 N–H and O–H groups in total. The Morgan fingerprint density at radius 3 is 2.81 bits per heavy atom. The van der Waals surface area contributed by atoms with Crippen molar-refractivity contribution in [2.45, 2.75) is 31.7 Å². The molecule has 0 spiro atoms. The number of phenolic OH excluding ortho intramolecular Hbond substituents is 1. The number of rotatable bonds is 4. The molecule has 5 heteroatoms. The van der Waals surface area contributed by atoms with Crippen LogP contribution < -0.4 is 10.1 Å². The summed E-state index contributed by atoms with van der Waals surface area (Å²) < 4.78 is 5.01. The van der Waals surface area contributed by atoms with Gasteiger partial charge in [0, 0.05) is 6.04 Å². The highest BCUT2D eigenvalue weighted by Gasteiger charge is 2.19. The number of aromatic hydroxyl groups is 1. The lowest BCUT2D eigenvalue weighted by Gasteiger charge is -2.11. The summed E-state index contributed by atoms with van der Waals surface area (Å²) in [6, 6.07) is 6.76. The number of hydrogen-bond donors (Lipinski definition) is 2. The van der Waals surface area contributed by atoms with Gasteiger partial charge in [0.1, 0.15) is 11.6 Å². The Labute approximate surface area is 123 Å². The number of benzene rings is 1. The largest absolute Gasteiger partial charge is 0.504 e. The van der Waals surface area contributed by atoms with Crippen LogP contribution in [0.2, 0.25) is 0 Å². The first-order chi connectivity index (χ1) is 10.1. The Morgan fingerprint density at radius 2 is 2.19 bits per heavy atom. The molecule has 5 nitrogen and oxygen atoms in total. The monoisotopic (exact) mass is 286 g/mol. The summed E-state index contributed by atoms with van der Waals surface area (Å²) in [5.41, 5.74) is 0.678. The topological polar surface area (TPSA) is 82.3 Å². The van der Waals surface area contributed by atoms with Crippen molar-refractivity contribution < 1.29 is 14.6 Å². The van der Waals surface area contributed by atoms with E-state index in [9.17, 15) is 9.90 Å². The zero-order valence-corrected chi connectivity index (χ0v) is 11.9. The van der Waals surface area contributed by atoms with E-state index in [1.54, 1.807) is 12.1 Å². The first-order valence-corrected chi connectivity index (χ1v) is 6.93. The third kappa shape index (κ3) is 3.76. The van der Waals surface area contributed by atoms with E-state index in [0.717, 1.165) is 25.7 Å². The SMILES string of the molecule is COc1cc(/C=C(\C#N)C(=O)NC2CCCC2)ccc1O. The van der Waals surface area contributed by atoms with Gasteiger partial charge >= 0.3 is 0 Å². The second-order valence-electron chi connectivity index (χ2n) is 5.06. The molecule has 0 aliphatic heterocycles. The van der Waals surface area contributed by atoms with Gasteiger partial charge in [-0.15, -0.1) is 0 Å². The molecule has 0 unspecified atom stereocenters. The Kier molecular flexibility index (Phi) is 4.83. The average Bonchev–Trinajstić information content (AvgIpc) is 2.99. The molecule has 0 aromatic heterocycles. The Morgan fingerprint density at radius 1 is 1.48 bits per heavy atom. The number of carbonyl (C=O) groups is 1. The molecule has 1 aromatic rings. The number of nitrogens with one attached hydrogen (secondary N) is 1. The molecule has 1 fully saturated rings. The predicted octanol–water partition coefficient (Wildman–Crippen LogP) is 2.37. The summed E-state index contributed by atoms with van der Waals surface area (Å²) in [5, 5.41) is 21.6. The lowest BCUT2D eigenvalue weighted by Crippen LogP contribution is -2.33. The zero-order chi connectivity index (χ0) is 15.2. The molecule has 0 atom stereocenters. The molecule has 1 aliphatic rings. The van der Waals surface area contributed by atoms with E-state index in [4.69, 9.17) is 10.00 Å². The van der Waals surface area contributed by atoms with E-state index in [0.29, 0.717) is 11.3 Å². The zero-order valence-electron chi connectivity index (χ0n) is 11.9. The molecule has 1 amide bonds. The number of nitrogens with zero attached hydrogens (tertiary/aromatic N) is 1. The minimum Gasteiger partial charge on any atom is -0.504 e. The van der Waals surface area contributed by atoms with Crippen molar-refractivity contribution in [3.05, 3.63) is 29.3 Å². The fourth-order valence-electron chi connectivity index (χ4n) is 2.43. The number of phenols is 1. The van der Waals surface area contributed by atoms with E-state index >= 15 is 0 Å². The van der Waals surface area contributed by atoms with Gasteiger partial charge in [0.2, 0.25) is 0 Å². The molecule has 1 aromatic carbocycles. The number of ether oxygens (including phenoxy) is 1. The van der Waals surface area contributed by atoms with Crippen molar-refractivity contribution in [2.75, 3.05) is 7.11 Å². The van der Waals surface area contributed by atoms with E-state index < -0.39 is 0 Å². The highest BCUT2D eigenvalue weighted by molar-refractivity contribution is 6.01. The highest BCUT2D eigenvalue weighted by Crippen LogP contribution is 2.27. The number of hydrogen-bond acceptors (Lipinski definition) is 4. The summed E-state index contributed by atoms with van der Waals surface area (Å²) in [5.74, 6) is -0.0303. The van der Waals surface area contributed by atoms with Crippen molar-refractivity contribution in [3.8, 4) is 17.6 Å². The molecule has 0 saturated heterocycles. The van der Waals surface area contributed by atoms with Gasteiger partial charge in [0.25, 0.3) is 5.91 Å². The maximum atomic E-state index is 12.1. The van der Waals surface area contributed by atoms with Crippen LogP contribution in [0, 0.1) is 11.3 Å². The summed E-state index contributed by atoms with van der Waals surface area (Å²) >= 11 is 0. The molecule has 0 heterocycles. The van der Waals surface area contributed by atoms with Crippen LogP contribution in [0.1, 0.15) is 31.2 Å². The van der Waals surface area contributed by atoms with Gasteiger partial charge in [0.15, 0.2) is 11.5 Å². The molecule has 21 heavy (non-hydrogen) atoms. The van der Waals surface area contributed by atoms with E-state index in [1.807, 2.05) is 6.07 Å². The van der Waals surface area contributed by atoms with Crippen LogP contribution in [-0.2, 0) is 4.79 Å². The quantitative estimate of drug-likeness (QED) is 0.657. The van der Waals surface area contributed by atoms with Gasteiger partial charge in [-0.05, 0) is 36.6 Å². The van der Waals surface area contributed by atoms with Crippen molar-refractivity contribution in [3.63, 3.8) is 0 Å². The average molecular weight is 286 g/mol. The molecular formula is C16H18N2O3. The van der Waals surface area contributed by atoms with Gasteiger partial charge in [-0.3, -0.25) is 4.79 Å². The maximum Gasteiger partial charge on any atom is 0.262 e. The van der Waals surface area contributed by atoms with Crippen molar-refractivity contribution in [1.82, 2.24) is 5.32 Å². The fraction of sp³-hybridized carbons (Fsp3) is 0.375. The van der Waals surface area contributed by atoms with Gasteiger partial charge in [0.05, 0.1) is 7.11 Å². The first-order valence-electron chi connectivity index (χ1n) is 6.93. The number of amides is 1. The van der Waals surface area contributed by atoms with Crippen LogP contribution >= 0.6 is 0 Å². The minimum absolute atomic E-state index is 0.0172. The van der Waals surface area contributed by atoms with Gasteiger partial charge in [-0.1, -0.05) is 18.9 Å². The van der Waals surface area contributed by atoms with Crippen LogP contribution in [0.15, 0.2) is 23.8 Å². The lowest BCUT2D eigenvalue weighted by molar-refractivity contribution is -0.117. The van der Waals surface area contributed by atoms with Crippen molar-refractivity contribution in [1.29, 1.82) is 5.26 Å². The molecule has 0 radical (unpaired) electrons. The highest BCUT2D eigenvalue weighted by atomic mass is 16.5. The summed E-state index contributed by atoms with van der Waals surface area (Å²) in [7, 11) is 1.44. The van der Waals surface area contributed by atoms with E-state index in [2.05, 4.69) is 5.32 Å². The fourth-order valence-corrected chi connectivity index (χ4v) is 2.43. The summed E-state index contributed by atoms with van der Waals surface area (Å²) in [6.07, 6.45) is 5.67. The molecule has 1 saturated carbocycles. The van der Waals surface area contributed by atoms with Crippen LogP contribution in [-0.4, -0.2) is 24.2 Å². The van der Waals surface area contributed by atoms with Crippen molar-refractivity contribution in [2.24, 2.45) is 0 Å². The number of nitriles is 1. The molecule has 2 rings (SSSR count). The predicted molar refractivity (Wildman–Crippen MR) is 78.6 cm³/mol. The molecule has 110 valence electrons. The van der Waals surface area contributed by atoms with Crippen LogP contribution in [0.3, 0.4) is 0 Å². The smallest absolute Gasteiger partial charge is 0.262 e. The maximum absolute atomic E-state index is 12.1. The minimum atomic E-state index is -0.351. The number of carbonyl (C=O) groups excluding carboxylic acids is 1. The third-order valence-corrected chi connectivity index (χ3v) is 3.57. The van der Waals surface area contributed by atoms with Crippen molar-refractivity contribution >= 4 is 12.0 Å². The van der Waals surface area contributed by atoms with Crippen LogP contribution in [0.5, 0.6) is 11.5 Å².